The maximum Gasteiger partial charge on any atom is 0.0819 e. The number of benzene rings is 1. The molecule has 2 N–H and O–H groups in total. The molecule has 0 aromatic heterocycles. The third-order valence-corrected chi connectivity index (χ3v) is 3.41. The van der Waals surface area contributed by atoms with Crippen LogP contribution in [0.25, 0.3) is 0 Å². The number of aliphatic hydroxyl groups is 1. The zero-order valence-electron chi connectivity index (χ0n) is 10.4. The van der Waals surface area contributed by atoms with Crippen molar-refractivity contribution in [2.75, 3.05) is 20.3 Å². The minimum absolute atomic E-state index is 0.345. The highest BCUT2D eigenvalue weighted by Gasteiger charge is 2.23. The van der Waals surface area contributed by atoms with Crippen LogP contribution in [-0.4, -0.2) is 25.4 Å². The lowest BCUT2D eigenvalue weighted by molar-refractivity contribution is 0.00718. The first kappa shape index (κ1) is 12.6. The minimum Gasteiger partial charge on any atom is -0.388 e. The normalized spacial score (nSPS) is 19.2. The molecule has 1 aliphatic rings. The molecule has 2 rings (SSSR count). The maximum atomic E-state index is 10.3. The van der Waals surface area contributed by atoms with E-state index in [-0.39, 0.29) is 6.10 Å². The molecule has 3 nitrogen and oxygen atoms in total. The second-order valence-electron chi connectivity index (χ2n) is 4.67. The summed E-state index contributed by atoms with van der Waals surface area (Å²) in [6, 6.07) is 8.22. The Balaban J connectivity index is 2.00. The fourth-order valence-electron chi connectivity index (χ4n) is 2.34. The van der Waals surface area contributed by atoms with Gasteiger partial charge in [-0.2, -0.15) is 0 Å². The first-order valence-electron chi connectivity index (χ1n) is 6.30. The average Bonchev–Trinajstić information content (AvgIpc) is 2.40. The molecule has 1 atom stereocenters. The Morgan fingerprint density at radius 2 is 1.94 bits per heavy atom. The molecule has 1 unspecified atom stereocenters. The first-order chi connectivity index (χ1) is 8.31. The van der Waals surface area contributed by atoms with E-state index in [1.165, 1.54) is 5.56 Å². The van der Waals surface area contributed by atoms with Crippen LogP contribution >= 0.6 is 0 Å². The van der Waals surface area contributed by atoms with Crippen molar-refractivity contribution >= 4 is 0 Å². The van der Waals surface area contributed by atoms with Crippen molar-refractivity contribution in [1.29, 1.82) is 0 Å². The predicted molar refractivity (Wildman–Crippen MR) is 67.7 cm³/mol. The van der Waals surface area contributed by atoms with E-state index in [9.17, 15) is 5.11 Å². The van der Waals surface area contributed by atoms with E-state index in [0.29, 0.717) is 5.92 Å². The highest BCUT2D eigenvalue weighted by atomic mass is 16.5. The van der Waals surface area contributed by atoms with Gasteiger partial charge in [-0.05, 0) is 36.9 Å². The van der Waals surface area contributed by atoms with Gasteiger partial charge in [0.2, 0.25) is 0 Å². The van der Waals surface area contributed by atoms with E-state index in [2.05, 4.69) is 17.4 Å². The van der Waals surface area contributed by atoms with Crippen molar-refractivity contribution in [3.05, 3.63) is 35.4 Å². The Morgan fingerprint density at radius 1 is 1.29 bits per heavy atom. The zero-order chi connectivity index (χ0) is 12.1. The molecule has 1 aromatic carbocycles. The van der Waals surface area contributed by atoms with Crippen LogP contribution in [0, 0.1) is 5.92 Å². The zero-order valence-corrected chi connectivity index (χ0v) is 10.4. The van der Waals surface area contributed by atoms with Crippen LogP contribution in [0.2, 0.25) is 0 Å². The summed E-state index contributed by atoms with van der Waals surface area (Å²) < 4.78 is 5.32. The minimum atomic E-state index is -0.345. The van der Waals surface area contributed by atoms with Gasteiger partial charge in [0.05, 0.1) is 6.10 Å². The standard InChI is InChI=1S/C14H21NO2/c1-15-10-11-2-4-12(5-3-11)14(16)13-6-8-17-9-7-13/h2-5,13-16H,6-10H2,1H3. The number of hydrogen-bond acceptors (Lipinski definition) is 3. The number of hydrogen-bond donors (Lipinski definition) is 2. The van der Waals surface area contributed by atoms with Crippen molar-refractivity contribution in [1.82, 2.24) is 5.32 Å². The van der Waals surface area contributed by atoms with Crippen LogP contribution < -0.4 is 5.32 Å². The Bertz CT molecular complexity index is 331. The number of aliphatic hydroxyl groups excluding tert-OH is 1. The van der Waals surface area contributed by atoms with Crippen LogP contribution in [0.3, 0.4) is 0 Å². The summed E-state index contributed by atoms with van der Waals surface area (Å²) in [5, 5.41) is 13.4. The van der Waals surface area contributed by atoms with E-state index in [0.717, 1.165) is 38.2 Å². The van der Waals surface area contributed by atoms with E-state index in [1.807, 2.05) is 19.2 Å². The van der Waals surface area contributed by atoms with Gasteiger partial charge in [-0.3, -0.25) is 0 Å². The lowest BCUT2D eigenvalue weighted by Crippen LogP contribution is -2.22. The van der Waals surface area contributed by atoms with Crippen molar-refractivity contribution in [2.45, 2.75) is 25.5 Å². The molecule has 17 heavy (non-hydrogen) atoms. The molecule has 0 bridgehead atoms. The van der Waals surface area contributed by atoms with E-state index >= 15 is 0 Å². The van der Waals surface area contributed by atoms with Gasteiger partial charge in [0.1, 0.15) is 0 Å². The van der Waals surface area contributed by atoms with Gasteiger partial charge < -0.3 is 15.2 Å². The maximum absolute atomic E-state index is 10.3. The van der Waals surface area contributed by atoms with Crippen LogP contribution in [0.5, 0.6) is 0 Å². The first-order valence-corrected chi connectivity index (χ1v) is 6.30. The Morgan fingerprint density at radius 3 is 2.53 bits per heavy atom. The lowest BCUT2D eigenvalue weighted by Gasteiger charge is -2.27. The molecule has 1 aliphatic heterocycles. The Labute approximate surface area is 103 Å². The molecule has 1 heterocycles. The molecular weight excluding hydrogens is 214 g/mol. The summed E-state index contributed by atoms with van der Waals surface area (Å²) in [7, 11) is 1.94. The summed E-state index contributed by atoms with van der Waals surface area (Å²) in [5.74, 6) is 0.346. The second kappa shape index (κ2) is 6.15. The van der Waals surface area contributed by atoms with Crippen molar-refractivity contribution in [3.8, 4) is 0 Å². The van der Waals surface area contributed by atoms with Crippen molar-refractivity contribution in [3.63, 3.8) is 0 Å². The highest BCUT2D eigenvalue weighted by molar-refractivity contribution is 5.24. The van der Waals surface area contributed by atoms with Gasteiger partial charge in [-0.15, -0.1) is 0 Å². The average molecular weight is 235 g/mol. The second-order valence-corrected chi connectivity index (χ2v) is 4.67. The summed E-state index contributed by atoms with van der Waals surface area (Å²) in [5.41, 5.74) is 2.27. The third-order valence-electron chi connectivity index (χ3n) is 3.41. The molecule has 0 radical (unpaired) electrons. The Hall–Kier alpha value is -0.900. The highest BCUT2D eigenvalue weighted by Crippen LogP contribution is 2.29. The molecule has 1 saturated heterocycles. The molecule has 0 saturated carbocycles. The van der Waals surface area contributed by atoms with Crippen molar-refractivity contribution in [2.24, 2.45) is 5.92 Å². The van der Waals surface area contributed by atoms with Crippen LogP contribution in [-0.2, 0) is 11.3 Å². The van der Waals surface area contributed by atoms with Crippen LogP contribution in [0.1, 0.15) is 30.1 Å². The fourth-order valence-corrected chi connectivity index (χ4v) is 2.34. The lowest BCUT2D eigenvalue weighted by atomic mass is 9.89. The third kappa shape index (κ3) is 3.28. The number of rotatable bonds is 4. The SMILES string of the molecule is CNCc1ccc(C(O)C2CCOCC2)cc1. The van der Waals surface area contributed by atoms with Crippen LogP contribution in [0.15, 0.2) is 24.3 Å². The number of nitrogens with one attached hydrogen (secondary N) is 1. The monoisotopic (exact) mass is 235 g/mol. The van der Waals surface area contributed by atoms with E-state index < -0.39 is 0 Å². The van der Waals surface area contributed by atoms with Crippen LogP contribution in [0.4, 0.5) is 0 Å². The molecule has 0 spiro atoms. The smallest absolute Gasteiger partial charge is 0.0819 e. The largest absolute Gasteiger partial charge is 0.388 e. The van der Waals surface area contributed by atoms with E-state index in [1.54, 1.807) is 0 Å². The molecule has 0 amide bonds. The topological polar surface area (TPSA) is 41.5 Å². The van der Waals surface area contributed by atoms with Crippen molar-refractivity contribution < 1.29 is 9.84 Å². The van der Waals surface area contributed by atoms with Gasteiger partial charge in [0.25, 0.3) is 0 Å². The molecular formula is C14H21NO2. The van der Waals surface area contributed by atoms with Gasteiger partial charge in [0.15, 0.2) is 0 Å². The molecule has 94 valence electrons. The molecule has 1 aromatic rings. The molecule has 0 aliphatic carbocycles. The van der Waals surface area contributed by atoms with Gasteiger partial charge in [0, 0.05) is 19.8 Å². The summed E-state index contributed by atoms with van der Waals surface area (Å²) in [6.45, 7) is 2.42. The quantitative estimate of drug-likeness (QED) is 0.837. The summed E-state index contributed by atoms with van der Waals surface area (Å²) in [6.07, 6.45) is 1.57. The molecule has 3 heteroatoms. The summed E-state index contributed by atoms with van der Waals surface area (Å²) >= 11 is 0. The van der Waals surface area contributed by atoms with Gasteiger partial charge in [-0.25, -0.2) is 0 Å². The number of ether oxygens (including phenoxy) is 1. The Kier molecular flexibility index (Phi) is 4.54. The van der Waals surface area contributed by atoms with E-state index in [4.69, 9.17) is 4.74 Å². The van der Waals surface area contributed by atoms with Gasteiger partial charge in [-0.1, -0.05) is 24.3 Å². The van der Waals surface area contributed by atoms with Gasteiger partial charge >= 0.3 is 0 Å². The fraction of sp³-hybridized carbons (Fsp3) is 0.571. The predicted octanol–water partition coefficient (Wildman–Crippen LogP) is 1.87. The molecule has 1 fully saturated rings. The summed E-state index contributed by atoms with van der Waals surface area (Å²) in [4.78, 5) is 0.